The molecule has 1 saturated heterocycles. The lowest BCUT2D eigenvalue weighted by Gasteiger charge is -2.42. The van der Waals surface area contributed by atoms with E-state index in [4.69, 9.17) is 0 Å². The average molecular weight is 482 g/mol. The van der Waals surface area contributed by atoms with Crippen molar-refractivity contribution in [1.82, 2.24) is 4.90 Å². The van der Waals surface area contributed by atoms with E-state index in [2.05, 4.69) is 0 Å². The summed E-state index contributed by atoms with van der Waals surface area (Å²) in [6.07, 6.45) is -3.70. The fraction of sp³-hybridized carbons (Fsp3) is 0.480. The third-order valence-corrected chi connectivity index (χ3v) is 9.55. The highest BCUT2D eigenvalue weighted by molar-refractivity contribution is 7.92. The maximum atomic E-state index is 13.3. The first-order chi connectivity index (χ1) is 15.2. The van der Waals surface area contributed by atoms with E-state index in [9.17, 15) is 26.4 Å². The third-order valence-electron chi connectivity index (χ3n) is 6.96. The van der Waals surface area contributed by atoms with Crippen molar-refractivity contribution in [1.29, 1.82) is 0 Å². The van der Waals surface area contributed by atoms with Crippen molar-refractivity contribution in [2.45, 2.75) is 61.8 Å². The van der Waals surface area contributed by atoms with Crippen LogP contribution in [0.5, 0.6) is 0 Å². The summed E-state index contributed by atoms with van der Waals surface area (Å²) in [6.45, 7) is 7.69. The summed E-state index contributed by atoms with van der Waals surface area (Å²) in [6, 6.07) is 13.4. The van der Waals surface area contributed by atoms with Gasteiger partial charge in [0.15, 0.2) is 9.84 Å². The number of carbonyl (C=O) groups is 1. The van der Waals surface area contributed by atoms with Gasteiger partial charge in [-0.3, -0.25) is 4.79 Å². The van der Waals surface area contributed by atoms with Crippen LogP contribution in [0.3, 0.4) is 0 Å². The van der Waals surface area contributed by atoms with Crippen molar-refractivity contribution in [2.75, 3.05) is 13.1 Å². The molecule has 2 aromatic rings. The molecule has 0 spiro atoms. The van der Waals surface area contributed by atoms with Crippen molar-refractivity contribution in [3.63, 3.8) is 0 Å². The van der Waals surface area contributed by atoms with E-state index < -0.39 is 31.7 Å². The molecule has 0 N–H and O–H groups in total. The van der Waals surface area contributed by atoms with Gasteiger partial charge < -0.3 is 4.90 Å². The molecule has 0 bridgehead atoms. The molecular formula is C25H30F3NO3S. The Bertz CT molecular complexity index is 1100. The van der Waals surface area contributed by atoms with Gasteiger partial charge in [0.25, 0.3) is 0 Å². The summed E-state index contributed by atoms with van der Waals surface area (Å²) in [5.41, 5.74) is -0.791. The molecule has 3 rings (SSSR count). The molecule has 1 aliphatic rings. The second-order valence-electron chi connectivity index (χ2n) is 9.69. The predicted molar refractivity (Wildman–Crippen MR) is 121 cm³/mol. The number of nitrogens with zero attached hydrogens (tertiary/aromatic N) is 1. The molecule has 0 radical (unpaired) electrons. The Morgan fingerprint density at radius 1 is 0.879 bits per heavy atom. The Hall–Kier alpha value is -2.35. The molecule has 0 saturated carbocycles. The molecule has 0 atom stereocenters. The van der Waals surface area contributed by atoms with Crippen LogP contribution in [0.15, 0.2) is 59.5 Å². The number of likely N-dealkylation sites (tertiary alicyclic amines) is 1. The van der Waals surface area contributed by atoms with Crippen LogP contribution in [0.1, 0.15) is 51.7 Å². The molecule has 1 fully saturated rings. The number of sulfone groups is 1. The number of benzene rings is 2. The fourth-order valence-electron chi connectivity index (χ4n) is 4.51. The van der Waals surface area contributed by atoms with Crippen molar-refractivity contribution >= 4 is 15.7 Å². The van der Waals surface area contributed by atoms with E-state index in [0.29, 0.717) is 32.0 Å². The number of hydrogen-bond donors (Lipinski definition) is 0. The van der Waals surface area contributed by atoms with Crippen LogP contribution >= 0.6 is 0 Å². The van der Waals surface area contributed by atoms with Crippen molar-refractivity contribution in [2.24, 2.45) is 5.92 Å². The zero-order valence-corrected chi connectivity index (χ0v) is 20.1. The van der Waals surface area contributed by atoms with E-state index in [1.807, 2.05) is 44.2 Å². The number of amides is 1. The monoisotopic (exact) mass is 481 g/mol. The van der Waals surface area contributed by atoms with Gasteiger partial charge in [0.05, 0.1) is 20.6 Å². The smallest absolute Gasteiger partial charge is 0.342 e. The summed E-state index contributed by atoms with van der Waals surface area (Å²) < 4.78 is 64.7. The summed E-state index contributed by atoms with van der Waals surface area (Å²) in [7, 11) is -4.03. The van der Waals surface area contributed by atoms with Gasteiger partial charge in [-0.15, -0.1) is 0 Å². The van der Waals surface area contributed by atoms with Gasteiger partial charge in [-0.2, -0.15) is 13.2 Å². The Morgan fingerprint density at radius 2 is 1.42 bits per heavy atom. The van der Waals surface area contributed by atoms with E-state index in [1.54, 1.807) is 18.7 Å². The molecule has 8 heteroatoms. The zero-order chi connectivity index (χ0) is 24.7. The number of hydrogen-bond acceptors (Lipinski definition) is 3. The lowest BCUT2D eigenvalue weighted by atomic mass is 9.81. The highest BCUT2D eigenvalue weighted by atomic mass is 32.2. The summed E-state index contributed by atoms with van der Waals surface area (Å²) in [5.74, 6) is -0.313. The van der Waals surface area contributed by atoms with Gasteiger partial charge >= 0.3 is 6.18 Å². The van der Waals surface area contributed by atoms with E-state index in [0.717, 1.165) is 17.7 Å². The summed E-state index contributed by atoms with van der Waals surface area (Å²) >= 11 is 0. The Balaban J connectivity index is 1.76. The minimum Gasteiger partial charge on any atom is -0.342 e. The van der Waals surface area contributed by atoms with Crippen LogP contribution in [0.25, 0.3) is 0 Å². The molecule has 0 unspecified atom stereocenters. The lowest BCUT2D eigenvalue weighted by Crippen LogP contribution is -2.51. The highest BCUT2D eigenvalue weighted by Gasteiger charge is 2.46. The maximum absolute atomic E-state index is 13.3. The quantitative estimate of drug-likeness (QED) is 0.569. The fourth-order valence-corrected chi connectivity index (χ4v) is 6.34. The van der Waals surface area contributed by atoms with E-state index >= 15 is 0 Å². The molecule has 0 aliphatic carbocycles. The van der Waals surface area contributed by atoms with Crippen molar-refractivity contribution in [3.8, 4) is 0 Å². The summed E-state index contributed by atoms with van der Waals surface area (Å²) in [5, 5.41) is 0. The average Bonchev–Trinajstić information content (AvgIpc) is 2.78. The van der Waals surface area contributed by atoms with Gasteiger partial charge in [-0.05, 0) is 70.2 Å². The number of piperidine rings is 1. The molecule has 33 heavy (non-hydrogen) atoms. The minimum absolute atomic E-state index is 0.0225. The van der Waals surface area contributed by atoms with Crippen LogP contribution in [-0.4, -0.2) is 37.1 Å². The standard InChI is InChI=1S/C25H30F3NO3S/c1-23(2,18-9-6-5-7-10-18)22(30)29-15-13-19(14-16-29)24(3,4)33(31,32)21-12-8-11-20(17-21)25(26,27)28/h5-12,17,19H,13-16H2,1-4H3. The first kappa shape index (κ1) is 25.3. The molecule has 180 valence electrons. The molecular weight excluding hydrogens is 451 g/mol. The first-order valence-corrected chi connectivity index (χ1v) is 12.4. The number of rotatable bonds is 5. The van der Waals surface area contributed by atoms with E-state index in [-0.39, 0.29) is 16.7 Å². The second-order valence-corrected chi connectivity index (χ2v) is 12.2. The molecule has 1 amide bonds. The normalized spacial score (nSPS) is 16.6. The van der Waals surface area contributed by atoms with Crippen LogP contribution in [-0.2, 0) is 26.2 Å². The van der Waals surface area contributed by atoms with E-state index in [1.165, 1.54) is 6.07 Å². The van der Waals surface area contributed by atoms with Gasteiger partial charge in [-0.25, -0.2) is 8.42 Å². The first-order valence-electron chi connectivity index (χ1n) is 11.0. The Labute approximate surface area is 193 Å². The third kappa shape index (κ3) is 4.81. The number of halogens is 3. The van der Waals surface area contributed by atoms with Crippen LogP contribution in [0, 0.1) is 5.92 Å². The van der Waals surface area contributed by atoms with Crippen LogP contribution < -0.4 is 0 Å². The predicted octanol–water partition coefficient (Wildman–Crippen LogP) is 5.47. The Morgan fingerprint density at radius 3 is 1.97 bits per heavy atom. The maximum Gasteiger partial charge on any atom is 0.416 e. The van der Waals surface area contributed by atoms with Crippen molar-refractivity contribution < 1.29 is 26.4 Å². The summed E-state index contributed by atoms with van der Waals surface area (Å²) in [4.78, 5) is 14.7. The second kappa shape index (κ2) is 8.78. The molecule has 1 aliphatic heterocycles. The van der Waals surface area contributed by atoms with Gasteiger partial charge in [0.2, 0.25) is 5.91 Å². The Kier molecular flexibility index (Phi) is 6.72. The number of alkyl halides is 3. The van der Waals surface area contributed by atoms with Crippen molar-refractivity contribution in [3.05, 3.63) is 65.7 Å². The topological polar surface area (TPSA) is 54.5 Å². The molecule has 4 nitrogen and oxygen atoms in total. The van der Waals surface area contributed by atoms with Gasteiger partial charge in [0.1, 0.15) is 0 Å². The van der Waals surface area contributed by atoms with Crippen LogP contribution in [0.4, 0.5) is 13.2 Å². The minimum atomic E-state index is -4.62. The van der Waals surface area contributed by atoms with Gasteiger partial charge in [-0.1, -0.05) is 36.4 Å². The largest absolute Gasteiger partial charge is 0.416 e. The SMILES string of the molecule is CC(C)(C(=O)N1CCC(C(C)(C)S(=O)(=O)c2cccc(C(F)(F)F)c2)CC1)c1ccccc1. The van der Waals surface area contributed by atoms with Crippen LogP contribution in [0.2, 0.25) is 0 Å². The molecule has 2 aromatic carbocycles. The number of carbonyl (C=O) groups excluding carboxylic acids is 1. The van der Waals surface area contributed by atoms with Gasteiger partial charge in [0, 0.05) is 13.1 Å². The molecule has 0 aromatic heterocycles. The molecule has 1 heterocycles. The highest BCUT2D eigenvalue weighted by Crippen LogP contribution is 2.40. The zero-order valence-electron chi connectivity index (χ0n) is 19.3. The lowest BCUT2D eigenvalue weighted by molar-refractivity contribution is -0.138.